The number of hydrogen-bond acceptors (Lipinski definition) is 2. The summed E-state index contributed by atoms with van der Waals surface area (Å²) in [6, 6.07) is 0. The summed E-state index contributed by atoms with van der Waals surface area (Å²) in [5.74, 6) is 0. The smallest absolute Gasteiger partial charge is 0.194 e. The van der Waals surface area contributed by atoms with Gasteiger partial charge in [-0.1, -0.05) is 0 Å². The van der Waals surface area contributed by atoms with Gasteiger partial charge in [-0.2, -0.15) is 0 Å². The van der Waals surface area contributed by atoms with Crippen molar-refractivity contribution in [1.82, 2.24) is 5.48 Å². The predicted octanol–water partition coefficient (Wildman–Crippen LogP) is 0.796. The summed E-state index contributed by atoms with van der Waals surface area (Å²) in [4.78, 5) is 4.42. The maximum atomic E-state index is 4.42. The summed E-state index contributed by atoms with van der Waals surface area (Å²) in [6.07, 6.45) is 1.65. The summed E-state index contributed by atoms with van der Waals surface area (Å²) in [7, 11) is 0. The minimum absolute atomic E-state index is 0.808. The van der Waals surface area contributed by atoms with Gasteiger partial charge in [-0.3, -0.25) is 10.3 Å². The summed E-state index contributed by atoms with van der Waals surface area (Å²) in [5, 5.41) is 0. The molecule has 32 valence electrons. The van der Waals surface area contributed by atoms with Crippen LogP contribution >= 0.6 is 15.9 Å². The minimum atomic E-state index is 0.808. The van der Waals surface area contributed by atoms with Crippen molar-refractivity contribution in [3.63, 3.8) is 0 Å². The van der Waals surface area contributed by atoms with Crippen LogP contribution in [-0.2, 0) is 4.84 Å². The van der Waals surface area contributed by atoms with Crippen LogP contribution in [0.5, 0.6) is 0 Å². The average Bonchev–Trinajstić information content (AvgIpc) is 1.86. The van der Waals surface area contributed by atoms with Gasteiger partial charge in [-0.15, -0.1) is 0 Å². The third-order valence-corrected chi connectivity index (χ3v) is 0.784. The molecule has 0 unspecified atom stereocenters. The van der Waals surface area contributed by atoms with Gasteiger partial charge >= 0.3 is 0 Å². The molecule has 2 radical (unpaired) electrons. The van der Waals surface area contributed by atoms with Crippen molar-refractivity contribution >= 4 is 15.9 Å². The fourth-order valence-electron chi connectivity index (χ4n) is 0.189. The number of halogens is 1. The Hall–Kier alpha value is -0.0200. The molecule has 1 aliphatic heterocycles. The molecule has 1 heterocycles. The van der Waals surface area contributed by atoms with Crippen molar-refractivity contribution in [3.05, 3.63) is 17.3 Å². The van der Waals surface area contributed by atoms with Crippen LogP contribution in [0.2, 0.25) is 0 Å². The van der Waals surface area contributed by atoms with E-state index in [1.807, 2.05) is 0 Å². The highest BCUT2D eigenvalue weighted by Gasteiger charge is 1.96. The molecular weight excluding hydrogens is 146 g/mol. The molecule has 1 rings (SSSR count). The molecule has 0 atom stereocenters. The van der Waals surface area contributed by atoms with Crippen molar-refractivity contribution in [3.8, 4) is 0 Å². The van der Waals surface area contributed by atoms with Crippen LogP contribution in [0.25, 0.3) is 0 Å². The van der Waals surface area contributed by atoms with Crippen LogP contribution < -0.4 is 5.48 Å². The van der Waals surface area contributed by atoms with Gasteiger partial charge in [0.25, 0.3) is 0 Å². The Morgan fingerprint density at radius 3 is 3.00 bits per heavy atom. The highest BCUT2D eigenvalue weighted by atomic mass is 79.9. The monoisotopic (exact) mass is 147 g/mol. The Morgan fingerprint density at radius 1 is 2.00 bits per heavy atom. The highest BCUT2D eigenvalue weighted by molar-refractivity contribution is 9.11. The molecular formula is C3H2BrNO. The Labute approximate surface area is 44.3 Å². The molecule has 0 aromatic carbocycles. The SMILES string of the molecule is BrC1=C[C]ON1. The first-order valence-electron chi connectivity index (χ1n) is 1.42. The van der Waals surface area contributed by atoms with E-state index in [-0.39, 0.29) is 0 Å². The zero-order valence-corrected chi connectivity index (χ0v) is 4.45. The fraction of sp³-hybridized carbons (Fsp3) is 0. The van der Waals surface area contributed by atoms with Gasteiger partial charge in [-0.05, 0) is 22.0 Å². The zero-order chi connectivity index (χ0) is 4.41. The maximum Gasteiger partial charge on any atom is 0.194 e. The number of nitrogens with one attached hydrogen (secondary N) is 1. The van der Waals surface area contributed by atoms with Gasteiger partial charge in [-0.25, -0.2) is 0 Å². The molecule has 0 fully saturated rings. The normalized spacial score (nSPS) is 19.8. The van der Waals surface area contributed by atoms with Crippen LogP contribution in [-0.4, -0.2) is 0 Å². The lowest BCUT2D eigenvalue weighted by atomic mass is 10.7. The van der Waals surface area contributed by atoms with E-state index in [1.165, 1.54) is 0 Å². The van der Waals surface area contributed by atoms with Crippen LogP contribution in [0, 0.1) is 6.61 Å². The lowest BCUT2D eigenvalue weighted by Crippen LogP contribution is -1.98. The molecule has 0 saturated carbocycles. The fourth-order valence-corrected chi connectivity index (χ4v) is 0.363. The average molecular weight is 148 g/mol. The van der Waals surface area contributed by atoms with Crippen molar-refractivity contribution in [2.24, 2.45) is 0 Å². The number of rotatable bonds is 0. The lowest BCUT2D eigenvalue weighted by Gasteiger charge is -1.86. The first kappa shape index (κ1) is 4.15. The largest absolute Gasteiger partial charge is 0.259 e. The standard InChI is InChI=1S/C3H2BrNO/c4-3-1-2-6-5-3/h1,5H. The third kappa shape index (κ3) is 0.725. The molecule has 3 heteroatoms. The topological polar surface area (TPSA) is 21.3 Å². The Bertz CT molecular complexity index is 80.9. The lowest BCUT2D eigenvalue weighted by molar-refractivity contribution is 0.161. The summed E-state index contributed by atoms with van der Waals surface area (Å²) >= 11 is 3.10. The van der Waals surface area contributed by atoms with Crippen molar-refractivity contribution in [1.29, 1.82) is 0 Å². The molecule has 0 bridgehead atoms. The Balaban J connectivity index is 2.45. The van der Waals surface area contributed by atoms with E-state index in [0.717, 1.165) is 4.61 Å². The Kier molecular flexibility index (Phi) is 1.12. The van der Waals surface area contributed by atoms with E-state index < -0.39 is 0 Å². The van der Waals surface area contributed by atoms with Crippen LogP contribution in [0.15, 0.2) is 10.7 Å². The Morgan fingerprint density at radius 2 is 2.83 bits per heavy atom. The molecule has 0 spiro atoms. The van der Waals surface area contributed by atoms with Crippen molar-refractivity contribution in [2.45, 2.75) is 0 Å². The van der Waals surface area contributed by atoms with Crippen molar-refractivity contribution in [2.75, 3.05) is 0 Å². The molecule has 0 aliphatic carbocycles. The zero-order valence-electron chi connectivity index (χ0n) is 2.86. The highest BCUT2D eigenvalue weighted by Crippen LogP contribution is 2.06. The predicted molar refractivity (Wildman–Crippen MR) is 24.5 cm³/mol. The maximum absolute atomic E-state index is 4.42. The van der Waals surface area contributed by atoms with Gasteiger partial charge in [0.05, 0.1) is 0 Å². The molecule has 0 aromatic rings. The van der Waals surface area contributed by atoms with Gasteiger partial charge < -0.3 is 0 Å². The van der Waals surface area contributed by atoms with E-state index >= 15 is 0 Å². The van der Waals surface area contributed by atoms with E-state index in [2.05, 4.69) is 32.9 Å². The second kappa shape index (κ2) is 1.62. The van der Waals surface area contributed by atoms with Crippen LogP contribution in [0.4, 0.5) is 0 Å². The van der Waals surface area contributed by atoms with Gasteiger partial charge in [0.2, 0.25) is 0 Å². The number of hydrogen-bond donors (Lipinski definition) is 1. The quantitative estimate of drug-likeness (QED) is 0.513. The molecule has 6 heavy (non-hydrogen) atoms. The van der Waals surface area contributed by atoms with Crippen molar-refractivity contribution < 1.29 is 4.84 Å². The van der Waals surface area contributed by atoms with Gasteiger partial charge in [0.15, 0.2) is 6.61 Å². The van der Waals surface area contributed by atoms with E-state index in [4.69, 9.17) is 0 Å². The second-order valence-electron chi connectivity index (χ2n) is 0.814. The van der Waals surface area contributed by atoms with E-state index in [9.17, 15) is 0 Å². The summed E-state index contributed by atoms with van der Waals surface area (Å²) < 4.78 is 0.808. The van der Waals surface area contributed by atoms with Gasteiger partial charge in [0, 0.05) is 0 Å². The molecule has 2 nitrogen and oxygen atoms in total. The summed E-state index contributed by atoms with van der Waals surface area (Å²) in [6.45, 7) is 2.45. The van der Waals surface area contributed by atoms with E-state index in [0.29, 0.717) is 0 Å². The van der Waals surface area contributed by atoms with Crippen LogP contribution in [0.1, 0.15) is 0 Å². The van der Waals surface area contributed by atoms with E-state index in [1.54, 1.807) is 6.08 Å². The molecule has 0 saturated heterocycles. The first-order chi connectivity index (χ1) is 2.89. The summed E-state index contributed by atoms with van der Waals surface area (Å²) in [5.41, 5.74) is 2.49. The third-order valence-electron chi connectivity index (χ3n) is 0.393. The first-order valence-corrected chi connectivity index (χ1v) is 2.22. The minimum Gasteiger partial charge on any atom is -0.259 e. The molecule has 1 N–H and O–H groups in total. The van der Waals surface area contributed by atoms with Crippen LogP contribution in [0.3, 0.4) is 0 Å². The molecule has 0 amide bonds. The van der Waals surface area contributed by atoms with Gasteiger partial charge in [0.1, 0.15) is 4.61 Å². The number of hydroxylamine groups is 1. The second-order valence-corrected chi connectivity index (χ2v) is 1.67. The molecule has 1 aliphatic rings. The molecule has 0 aromatic heterocycles.